The molecule has 0 radical (unpaired) electrons. The molecule has 0 spiro atoms. The van der Waals surface area contributed by atoms with Crippen molar-refractivity contribution in [3.05, 3.63) is 95.3 Å². The molecule has 1 aliphatic carbocycles. The minimum atomic E-state index is -4.32. The van der Waals surface area contributed by atoms with E-state index in [-0.39, 0.29) is 29.1 Å². The Morgan fingerprint density at radius 3 is 2.10 bits per heavy atom. The van der Waals surface area contributed by atoms with Gasteiger partial charge in [-0.15, -0.1) is 0 Å². The summed E-state index contributed by atoms with van der Waals surface area (Å²) in [4.78, 5) is 28.5. The highest BCUT2D eigenvalue weighted by Gasteiger charge is 2.34. The Morgan fingerprint density at radius 1 is 0.925 bits per heavy atom. The Morgan fingerprint density at radius 2 is 1.50 bits per heavy atom. The number of anilines is 1. The zero-order valence-corrected chi connectivity index (χ0v) is 24.0. The number of sulfonamides is 1. The summed E-state index contributed by atoms with van der Waals surface area (Å²) in [5.41, 5.74) is 2.45. The van der Waals surface area contributed by atoms with Gasteiger partial charge in [-0.2, -0.15) is 0 Å². The van der Waals surface area contributed by atoms with E-state index in [0.29, 0.717) is 0 Å². The number of hydrogen-bond donors (Lipinski definition) is 1. The van der Waals surface area contributed by atoms with E-state index < -0.39 is 34.3 Å². The number of nitrogens with one attached hydrogen (secondary N) is 1. The summed E-state index contributed by atoms with van der Waals surface area (Å²) in [6.07, 6.45) is 3.86. The van der Waals surface area contributed by atoms with E-state index in [9.17, 15) is 18.0 Å². The van der Waals surface area contributed by atoms with E-state index >= 15 is 4.39 Å². The predicted molar refractivity (Wildman–Crippen MR) is 154 cm³/mol. The Balaban J connectivity index is 1.69. The largest absolute Gasteiger partial charge is 0.352 e. The smallest absolute Gasteiger partial charge is 0.264 e. The third kappa shape index (κ3) is 6.88. The summed E-state index contributed by atoms with van der Waals surface area (Å²) in [5, 5.41) is 3.04. The molecule has 0 bridgehead atoms. The number of para-hydroxylation sites is 1. The molecule has 1 N–H and O–H groups in total. The number of carbonyl (C=O) groups is 2. The number of hydrogen-bond acceptors (Lipinski definition) is 4. The lowest BCUT2D eigenvalue weighted by atomic mass is 10.1. The van der Waals surface area contributed by atoms with Gasteiger partial charge in [0.2, 0.25) is 11.8 Å². The van der Waals surface area contributed by atoms with Crippen molar-refractivity contribution in [2.45, 2.75) is 70.0 Å². The molecule has 4 rings (SSSR count). The van der Waals surface area contributed by atoms with Crippen LogP contribution in [0.1, 0.15) is 49.3 Å². The molecule has 7 nitrogen and oxygen atoms in total. The molecule has 40 heavy (non-hydrogen) atoms. The predicted octanol–water partition coefficient (Wildman–Crippen LogP) is 5.11. The standard InChI is InChI=1S/C31H36FN3O4S/c1-22-12-16-25(17-13-22)20-34(24(3)31(37)33-26-8-4-5-9-26)30(36)21-35(29-11-7-6-10-28(29)32)40(38,39)27-18-14-23(2)15-19-27/h6-7,10-19,24,26H,4-5,8-9,20-21H2,1-3H3,(H,33,37). The Bertz CT molecular complexity index is 1440. The lowest BCUT2D eigenvalue weighted by molar-refractivity contribution is -0.139. The number of rotatable bonds is 10. The average Bonchev–Trinajstić information content (AvgIpc) is 3.44. The molecule has 1 atom stereocenters. The molecular formula is C31H36FN3O4S. The minimum absolute atomic E-state index is 0.0584. The van der Waals surface area contributed by atoms with Gasteiger partial charge in [0.25, 0.3) is 10.0 Å². The first-order valence-electron chi connectivity index (χ1n) is 13.6. The monoisotopic (exact) mass is 565 g/mol. The van der Waals surface area contributed by atoms with Crippen LogP contribution in [0.2, 0.25) is 0 Å². The van der Waals surface area contributed by atoms with Gasteiger partial charge in [-0.05, 0) is 63.4 Å². The second-order valence-corrected chi connectivity index (χ2v) is 12.3. The van der Waals surface area contributed by atoms with E-state index in [1.165, 1.54) is 35.2 Å². The Kier molecular flexibility index (Phi) is 9.25. The fourth-order valence-corrected chi connectivity index (χ4v) is 6.29. The molecule has 1 unspecified atom stereocenters. The average molecular weight is 566 g/mol. The molecule has 0 saturated heterocycles. The maximum Gasteiger partial charge on any atom is 0.264 e. The summed E-state index contributed by atoms with van der Waals surface area (Å²) in [6, 6.07) is 18.4. The first-order valence-corrected chi connectivity index (χ1v) is 15.0. The van der Waals surface area contributed by atoms with Crippen molar-refractivity contribution < 1.29 is 22.4 Å². The SMILES string of the molecule is Cc1ccc(CN(C(=O)CN(c2ccccc2F)S(=O)(=O)c2ccc(C)cc2)C(C)C(=O)NC2CCCC2)cc1. The Hall–Kier alpha value is -3.72. The normalized spacial score (nSPS) is 14.5. The number of aryl methyl sites for hydroxylation is 2. The molecule has 1 aliphatic rings. The van der Waals surface area contributed by atoms with Crippen LogP contribution >= 0.6 is 0 Å². The zero-order chi connectivity index (χ0) is 28.9. The number of carbonyl (C=O) groups excluding carboxylic acids is 2. The van der Waals surface area contributed by atoms with Gasteiger partial charge < -0.3 is 10.2 Å². The van der Waals surface area contributed by atoms with Gasteiger partial charge in [0.15, 0.2) is 0 Å². The third-order valence-electron chi connectivity index (χ3n) is 7.35. The number of benzene rings is 3. The second kappa shape index (κ2) is 12.6. The van der Waals surface area contributed by atoms with E-state index in [4.69, 9.17) is 0 Å². The van der Waals surface area contributed by atoms with E-state index in [0.717, 1.165) is 52.7 Å². The molecule has 0 aromatic heterocycles. The number of amides is 2. The number of nitrogens with zero attached hydrogens (tertiary/aromatic N) is 2. The highest BCUT2D eigenvalue weighted by atomic mass is 32.2. The van der Waals surface area contributed by atoms with Crippen molar-refractivity contribution in [2.75, 3.05) is 10.8 Å². The van der Waals surface area contributed by atoms with E-state index in [1.54, 1.807) is 19.1 Å². The van der Waals surface area contributed by atoms with Gasteiger partial charge in [0.05, 0.1) is 10.6 Å². The summed E-state index contributed by atoms with van der Waals surface area (Å²) in [6.45, 7) is 4.83. The van der Waals surface area contributed by atoms with Gasteiger partial charge in [-0.25, -0.2) is 12.8 Å². The molecule has 2 amide bonds. The first-order chi connectivity index (χ1) is 19.1. The molecule has 3 aromatic rings. The maximum atomic E-state index is 15.0. The van der Waals surface area contributed by atoms with E-state index in [1.807, 2.05) is 38.1 Å². The highest BCUT2D eigenvalue weighted by Crippen LogP contribution is 2.27. The summed E-state index contributed by atoms with van der Waals surface area (Å²) in [5.74, 6) is -1.69. The first kappa shape index (κ1) is 29.3. The van der Waals surface area contributed by atoms with Gasteiger partial charge in [-0.1, -0.05) is 72.5 Å². The second-order valence-electron chi connectivity index (χ2n) is 10.4. The third-order valence-corrected chi connectivity index (χ3v) is 9.13. The molecular weight excluding hydrogens is 529 g/mol. The molecule has 212 valence electrons. The maximum absolute atomic E-state index is 15.0. The van der Waals surface area contributed by atoms with Crippen LogP contribution in [0.5, 0.6) is 0 Å². The topological polar surface area (TPSA) is 86.8 Å². The van der Waals surface area contributed by atoms with Gasteiger partial charge in [-0.3, -0.25) is 13.9 Å². The van der Waals surface area contributed by atoms with Crippen molar-refractivity contribution in [1.82, 2.24) is 10.2 Å². The summed E-state index contributed by atoms with van der Waals surface area (Å²) < 4.78 is 43.4. The minimum Gasteiger partial charge on any atom is -0.352 e. The van der Waals surface area contributed by atoms with Crippen LogP contribution in [-0.2, 0) is 26.2 Å². The van der Waals surface area contributed by atoms with Gasteiger partial charge in [0, 0.05) is 12.6 Å². The van der Waals surface area contributed by atoms with Crippen molar-refractivity contribution in [2.24, 2.45) is 0 Å². The van der Waals surface area contributed by atoms with Crippen LogP contribution in [0.25, 0.3) is 0 Å². The molecule has 3 aromatic carbocycles. The van der Waals surface area contributed by atoms with Crippen LogP contribution in [0.3, 0.4) is 0 Å². The lowest BCUT2D eigenvalue weighted by Gasteiger charge is -2.32. The number of halogens is 1. The molecule has 0 heterocycles. The van der Waals surface area contributed by atoms with E-state index in [2.05, 4.69) is 5.32 Å². The van der Waals surface area contributed by atoms with Crippen molar-refractivity contribution >= 4 is 27.5 Å². The van der Waals surface area contributed by atoms with Crippen LogP contribution in [-0.4, -0.2) is 43.8 Å². The molecule has 0 aliphatic heterocycles. The fraction of sp³-hybridized carbons (Fsp3) is 0.355. The van der Waals surface area contributed by atoms with Crippen LogP contribution in [0.4, 0.5) is 10.1 Å². The fourth-order valence-electron chi connectivity index (χ4n) is 4.87. The van der Waals surface area contributed by atoms with Gasteiger partial charge >= 0.3 is 0 Å². The molecule has 1 saturated carbocycles. The zero-order valence-electron chi connectivity index (χ0n) is 23.1. The van der Waals surface area contributed by atoms with Crippen molar-refractivity contribution in [3.63, 3.8) is 0 Å². The summed E-state index contributed by atoms with van der Waals surface area (Å²) >= 11 is 0. The van der Waals surface area contributed by atoms with Crippen molar-refractivity contribution in [1.29, 1.82) is 0 Å². The van der Waals surface area contributed by atoms with Gasteiger partial charge in [0.1, 0.15) is 18.4 Å². The Labute approximate surface area is 236 Å². The van der Waals surface area contributed by atoms with Crippen molar-refractivity contribution in [3.8, 4) is 0 Å². The highest BCUT2D eigenvalue weighted by molar-refractivity contribution is 7.92. The van der Waals surface area contributed by atoms with Crippen LogP contribution < -0.4 is 9.62 Å². The quantitative estimate of drug-likeness (QED) is 0.370. The molecule has 1 fully saturated rings. The van der Waals surface area contributed by atoms with Crippen LogP contribution in [0, 0.1) is 19.7 Å². The molecule has 9 heteroatoms. The summed E-state index contributed by atoms with van der Waals surface area (Å²) in [7, 11) is -4.32. The lowest BCUT2D eigenvalue weighted by Crippen LogP contribution is -2.52. The van der Waals surface area contributed by atoms with Crippen LogP contribution in [0.15, 0.2) is 77.7 Å².